The van der Waals surface area contributed by atoms with E-state index in [0.29, 0.717) is 35.0 Å². The fraction of sp³-hybridized carbons (Fsp3) is 0.350. The highest BCUT2D eigenvalue weighted by Crippen LogP contribution is 2.39. The lowest BCUT2D eigenvalue weighted by molar-refractivity contribution is 0.298. The number of nitrogens with zero attached hydrogens (tertiary/aromatic N) is 8. The largest absolute Gasteiger partial charge is 0.481 e. The van der Waals surface area contributed by atoms with Gasteiger partial charge in [0, 0.05) is 25.0 Å². The molecule has 0 saturated carbocycles. The highest BCUT2D eigenvalue weighted by molar-refractivity contribution is 5.52. The Kier molecular flexibility index (Phi) is 5.13. The molecule has 1 N–H and O–H groups in total. The van der Waals surface area contributed by atoms with Gasteiger partial charge in [-0.05, 0) is 18.2 Å². The van der Waals surface area contributed by atoms with Crippen molar-refractivity contribution < 1.29 is 18.6 Å². The summed E-state index contributed by atoms with van der Waals surface area (Å²) in [6.45, 7) is 0.0598. The standard InChI is InChI=1S/C20H20F2N8O2/c1-32-20-15(6-12(21)8-24-20)16-7-13(22)10-28(16)18-3-2-17-23-9-19(30(17)26-18)29-11-14(4-5-31)25-27-29/h2-3,6,8-9,11,13,16,31H,4-5,7,10H2,1H3/t13-,16+/m0/s1. The number of alkyl halides is 1. The zero-order chi connectivity index (χ0) is 22.2. The minimum atomic E-state index is -1.12. The molecule has 1 fully saturated rings. The number of hydrogen-bond donors (Lipinski definition) is 1. The Morgan fingerprint density at radius 2 is 2.12 bits per heavy atom. The number of aliphatic hydroxyl groups excluding tert-OH is 1. The molecular weight excluding hydrogens is 422 g/mol. The number of imidazole rings is 1. The third-order valence-corrected chi connectivity index (χ3v) is 5.42. The Hall–Kier alpha value is -3.67. The molecule has 0 unspecified atom stereocenters. The van der Waals surface area contributed by atoms with E-state index in [-0.39, 0.29) is 25.5 Å². The van der Waals surface area contributed by atoms with Crippen molar-refractivity contribution in [2.75, 3.05) is 25.2 Å². The molecule has 2 atom stereocenters. The van der Waals surface area contributed by atoms with Crippen molar-refractivity contribution in [3.8, 4) is 11.7 Å². The number of anilines is 1. The lowest BCUT2D eigenvalue weighted by Gasteiger charge is -2.26. The first-order chi connectivity index (χ1) is 15.6. The van der Waals surface area contributed by atoms with Crippen molar-refractivity contribution in [3.05, 3.63) is 53.9 Å². The van der Waals surface area contributed by atoms with E-state index in [2.05, 4.69) is 25.4 Å². The molecule has 5 rings (SSSR count). The minimum Gasteiger partial charge on any atom is -0.481 e. The third kappa shape index (κ3) is 3.51. The molecule has 0 aromatic carbocycles. The maximum Gasteiger partial charge on any atom is 0.218 e. The summed E-state index contributed by atoms with van der Waals surface area (Å²) in [6.07, 6.45) is 3.78. The summed E-state index contributed by atoms with van der Waals surface area (Å²) in [4.78, 5) is 10.1. The smallest absolute Gasteiger partial charge is 0.218 e. The fourth-order valence-electron chi connectivity index (χ4n) is 3.98. The van der Waals surface area contributed by atoms with Crippen LogP contribution in [0.5, 0.6) is 5.88 Å². The quantitative estimate of drug-likeness (QED) is 0.481. The summed E-state index contributed by atoms with van der Waals surface area (Å²) in [5.74, 6) is 0.757. The van der Waals surface area contributed by atoms with Crippen molar-refractivity contribution in [2.45, 2.75) is 25.1 Å². The fourth-order valence-corrected chi connectivity index (χ4v) is 3.98. The van der Waals surface area contributed by atoms with Crippen LogP contribution >= 0.6 is 0 Å². The third-order valence-electron chi connectivity index (χ3n) is 5.42. The molecule has 12 heteroatoms. The Morgan fingerprint density at radius 1 is 1.25 bits per heavy atom. The van der Waals surface area contributed by atoms with Gasteiger partial charge in [0.15, 0.2) is 11.5 Å². The molecule has 4 aromatic heterocycles. The highest BCUT2D eigenvalue weighted by atomic mass is 19.1. The molecule has 1 aliphatic heterocycles. The van der Waals surface area contributed by atoms with Crippen molar-refractivity contribution in [1.29, 1.82) is 0 Å². The summed E-state index contributed by atoms with van der Waals surface area (Å²) < 4.78 is 36.8. The summed E-state index contributed by atoms with van der Waals surface area (Å²) in [7, 11) is 1.45. The molecular formula is C20H20F2N8O2. The van der Waals surface area contributed by atoms with Crippen LogP contribution in [0.2, 0.25) is 0 Å². The van der Waals surface area contributed by atoms with E-state index in [9.17, 15) is 8.78 Å². The van der Waals surface area contributed by atoms with E-state index < -0.39 is 18.0 Å². The first-order valence-corrected chi connectivity index (χ1v) is 10.0. The van der Waals surface area contributed by atoms with Crippen molar-refractivity contribution in [3.63, 3.8) is 0 Å². The van der Waals surface area contributed by atoms with Gasteiger partial charge in [-0.25, -0.2) is 23.4 Å². The Morgan fingerprint density at radius 3 is 2.94 bits per heavy atom. The summed E-state index contributed by atoms with van der Waals surface area (Å²) in [5.41, 5.74) is 1.66. The van der Waals surface area contributed by atoms with Crippen LogP contribution in [0.25, 0.3) is 11.5 Å². The molecule has 1 saturated heterocycles. The van der Waals surface area contributed by atoms with Gasteiger partial charge in [0.1, 0.15) is 17.8 Å². The maximum atomic E-state index is 14.5. The predicted octanol–water partition coefficient (Wildman–Crippen LogP) is 1.68. The van der Waals surface area contributed by atoms with Gasteiger partial charge in [-0.1, -0.05) is 5.21 Å². The first kappa shape index (κ1) is 20.2. The van der Waals surface area contributed by atoms with Crippen molar-refractivity contribution >= 4 is 11.5 Å². The van der Waals surface area contributed by atoms with Crippen LogP contribution in [-0.4, -0.2) is 66.1 Å². The zero-order valence-electron chi connectivity index (χ0n) is 17.1. The number of fused-ring (bicyclic) bond motifs is 1. The van der Waals surface area contributed by atoms with E-state index in [1.54, 1.807) is 33.9 Å². The molecule has 166 valence electrons. The normalized spacial score (nSPS) is 18.6. The number of halogens is 2. The van der Waals surface area contributed by atoms with Gasteiger partial charge in [-0.3, -0.25) is 0 Å². The molecule has 0 radical (unpaired) electrons. The van der Waals surface area contributed by atoms with E-state index >= 15 is 0 Å². The van der Waals surface area contributed by atoms with E-state index in [4.69, 9.17) is 9.84 Å². The summed E-state index contributed by atoms with van der Waals surface area (Å²) in [5, 5.41) is 21.9. The Balaban J connectivity index is 1.55. The van der Waals surface area contributed by atoms with Crippen LogP contribution < -0.4 is 9.64 Å². The van der Waals surface area contributed by atoms with Crippen molar-refractivity contribution in [2.24, 2.45) is 0 Å². The number of aliphatic hydroxyl groups is 1. The topological polar surface area (TPSA) is 106 Å². The van der Waals surface area contributed by atoms with Crippen LogP contribution in [0.4, 0.5) is 14.6 Å². The van der Waals surface area contributed by atoms with Crippen LogP contribution in [0, 0.1) is 5.82 Å². The van der Waals surface area contributed by atoms with Gasteiger partial charge in [0.25, 0.3) is 0 Å². The number of hydrogen-bond acceptors (Lipinski definition) is 8. The lowest BCUT2D eigenvalue weighted by Crippen LogP contribution is -2.26. The van der Waals surface area contributed by atoms with Crippen molar-refractivity contribution in [1.82, 2.24) is 34.6 Å². The number of rotatable bonds is 6. The average Bonchev–Trinajstić information content (AvgIpc) is 3.51. The second kappa shape index (κ2) is 8.11. The number of ether oxygens (including phenoxy) is 1. The maximum absolute atomic E-state index is 14.5. The molecule has 0 amide bonds. The van der Waals surface area contributed by atoms with Gasteiger partial charge < -0.3 is 14.7 Å². The molecule has 0 bridgehead atoms. The lowest BCUT2D eigenvalue weighted by atomic mass is 10.1. The second-order valence-electron chi connectivity index (χ2n) is 7.46. The van der Waals surface area contributed by atoms with Crippen LogP contribution in [-0.2, 0) is 6.42 Å². The molecule has 0 spiro atoms. The molecule has 4 aromatic rings. The SMILES string of the molecule is COc1ncc(F)cc1[C@H]1C[C@H](F)CN1c1ccc2ncc(-n3cc(CCO)nn3)n2n1. The minimum absolute atomic E-state index is 0.0343. The number of pyridine rings is 1. The Bertz CT molecular complexity index is 1260. The molecule has 5 heterocycles. The van der Waals surface area contributed by atoms with E-state index in [1.165, 1.54) is 17.9 Å². The van der Waals surface area contributed by atoms with Gasteiger partial charge in [-0.2, -0.15) is 4.52 Å². The van der Waals surface area contributed by atoms with Crippen LogP contribution in [0.15, 0.2) is 36.8 Å². The van der Waals surface area contributed by atoms with Crippen LogP contribution in [0.3, 0.4) is 0 Å². The highest BCUT2D eigenvalue weighted by Gasteiger charge is 2.36. The summed E-state index contributed by atoms with van der Waals surface area (Å²) in [6, 6.07) is 4.33. The average molecular weight is 442 g/mol. The number of methoxy groups -OCH3 is 1. The van der Waals surface area contributed by atoms with Gasteiger partial charge >= 0.3 is 0 Å². The number of aromatic nitrogens is 7. The van der Waals surface area contributed by atoms with E-state index in [0.717, 1.165) is 6.20 Å². The molecule has 0 aliphatic carbocycles. The van der Waals surface area contributed by atoms with Gasteiger partial charge in [-0.15, -0.1) is 10.2 Å². The molecule has 1 aliphatic rings. The van der Waals surface area contributed by atoms with Crippen LogP contribution in [0.1, 0.15) is 23.7 Å². The monoisotopic (exact) mass is 442 g/mol. The molecule has 10 nitrogen and oxygen atoms in total. The van der Waals surface area contributed by atoms with E-state index in [1.807, 2.05) is 0 Å². The zero-order valence-corrected chi connectivity index (χ0v) is 17.1. The second-order valence-corrected chi connectivity index (χ2v) is 7.46. The summed E-state index contributed by atoms with van der Waals surface area (Å²) >= 11 is 0. The molecule has 32 heavy (non-hydrogen) atoms. The van der Waals surface area contributed by atoms with Gasteiger partial charge in [0.2, 0.25) is 5.88 Å². The predicted molar refractivity (Wildman–Crippen MR) is 109 cm³/mol. The van der Waals surface area contributed by atoms with Gasteiger partial charge in [0.05, 0.1) is 44.0 Å². The Labute approximate surface area is 181 Å². The first-order valence-electron chi connectivity index (χ1n) is 10.0.